The molecule has 1 aliphatic rings. The Morgan fingerprint density at radius 2 is 1.81 bits per heavy atom. The molecule has 0 spiro atoms. The number of carbonyl (C=O) groups is 3. The number of aliphatic hydroxyl groups is 1. The number of hydrogen-bond acceptors (Lipinski definition) is 5. The van der Waals surface area contributed by atoms with Gasteiger partial charge in [0, 0.05) is 18.7 Å². The number of ether oxygens (including phenoxy) is 1. The molecule has 1 saturated heterocycles. The summed E-state index contributed by atoms with van der Waals surface area (Å²) >= 11 is 0. The van der Waals surface area contributed by atoms with Crippen LogP contribution >= 0.6 is 0 Å². The third kappa shape index (κ3) is 5.40. The molecule has 0 radical (unpaired) electrons. The summed E-state index contributed by atoms with van der Waals surface area (Å²) in [6.45, 7) is 1.56. The molecule has 8 heteroatoms. The lowest BCUT2D eigenvalue weighted by molar-refractivity contribution is -0.131. The molecule has 3 N–H and O–H groups in total. The smallest absolute Gasteiger partial charge is 0.242 e. The average molecular weight is 425 g/mol. The van der Waals surface area contributed by atoms with E-state index in [1.54, 1.807) is 43.2 Å². The molecule has 3 amide bonds. The van der Waals surface area contributed by atoms with Crippen LogP contribution < -0.4 is 20.3 Å². The maximum atomic E-state index is 12.7. The number of carbonyl (C=O) groups excluding carboxylic acids is 3. The van der Waals surface area contributed by atoms with Crippen LogP contribution in [0.25, 0.3) is 0 Å². The number of methoxy groups -OCH3 is 1. The zero-order valence-electron chi connectivity index (χ0n) is 17.6. The summed E-state index contributed by atoms with van der Waals surface area (Å²) in [6.07, 6.45) is 0.0789. The molecule has 164 valence electrons. The van der Waals surface area contributed by atoms with Crippen LogP contribution in [0.4, 0.5) is 5.69 Å². The SMILES string of the molecule is COc1ccc(N2C[C@@H](C(=O)N[C@@H](C)C(=O)N[C@H](CO)c3ccccc3)CC2=O)cc1. The molecule has 8 nitrogen and oxygen atoms in total. The van der Waals surface area contributed by atoms with Crippen LogP contribution in [0.1, 0.15) is 24.9 Å². The summed E-state index contributed by atoms with van der Waals surface area (Å²) in [4.78, 5) is 39.2. The number of rotatable bonds is 8. The average Bonchev–Trinajstić information content (AvgIpc) is 3.19. The molecule has 0 bridgehead atoms. The Morgan fingerprint density at radius 1 is 1.13 bits per heavy atom. The molecule has 0 saturated carbocycles. The number of benzene rings is 2. The van der Waals surface area contributed by atoms with Crippen molar-refractivity contribution < 1.29 is 24.2 Å². The predicted molar refractivity (Wildman–Crippen MR) is 115 cm³/mol. The Hall–Kier alpha value is -3.39. The van der Waals surface area contributed by atoms with Crippen LogP contribution in [0.5, 0.6) is 5.75 Å². The second-order valence-corrected chi connectivity index (χ2v) is 7.49. The van der Waals surface area contributed by atoms with Gasteiger partial charge in [0.1, 0.15) is 11.8 Å². The quantitative estimate of drug-likeness (QED) is 0.593. The first-order valence-corrected chi connectivity index (χ1v) is 10.1. The monoisotopic (exact) mass is 425 g/mol. The van der Waals surface area contributed by atoms with Gasteiger partial charge in [-0.2, -0.15) is 0 Å². The van der Waals surface area contributed by atoms with Gasteiger partial charge in [0.2, 0.25) is 17.7 Å². The third-order valence-corrected chi connectivity index (χ3v) is 5.33. The van der Waals surface area contributed by atoms with Crippen molar-refractivity contribution in [3.63, 3.8) is 0 Å². The second kappa shape index (κ2) is 10.1. The van der Waals surface area contributed by atoms with Crippen molar-refractivity contribution >= 4 is 23.4 Å². The molecule has 1 aliphatic heterocycles. The lowest BCUT2D eigenvalue weighted by Crippen LogP contribution is -2.48. The van der Waals surface area contributed by atoms with Crippen LogP contribution in [0.15, 0.2) is 54.6 Å². The standard InChI is InChI=1S/C23H27N3O5/c1-15(22(29)25-20(14-27)16-6-4-3-5-7-16)24-23(30)17-12-21(28)26(13-17)18-8-10-19(31-2)11-9-18/h3-11,15,17,20,27H,12-14H2,1-2H3,(H,24,30)(H,25,29)/t15-,17-,20+/m0/s1. The van der Waals surface area contributed by atoms with Gasteiger partial charge < -0.3 is 25.4 Å². The lowest BCUT2D eigenvalue weighted by Gasteiger charge is -2.21. The minimum Gasteiger partial charge on any atom is -0.497 e. The summed E-state index contributed by atoms with van der Waals surface area (Å²) in [7, 11) is 1.57. The van der Waals surface area contributed by atoms with Crippen LogP contribution in [0, 0.1) is 5.92 Å². The second-order valence-electron chi connectivity index (χ2n) is 7.49. The molecule has 3 atom stereocenters. The largest absolute Gasteiger partial charge is 0.497 e. The number of amides is 3. The van der Waals surface area contributed by atoms with Gasteiger partial charge in [-0.05, 0) is 36.8 Å². The molecule has 0 aromatic heterocycles. The molecular formula is C23H27N3O5. The zero-order chi connectivity index (χ0) is 22.4. The lowest BCUT2D eigenvalue weighted by atomic mass is 10.1. The summed E-state index contributed by atoms with van der Waals surface area (Å²) in [5, 5.41) is 15.0. The van der Waals surface area contributed by atoms with Crippen molar-refractivity contribution in [1.29, 1.82) is 0 Å². The highest BCUT2D eigenvalue weighted by Crippen LogP contribution is 2.27. The molecule has 1 heterocycles. The maximum absolute atomic E-state index is 12.7. The number of nitrogens with zero attached hydrogens (tertiary/aromatic N) is 1. The fourth-order valence-corrected chi connectivity index (χ4v) is 3.51. The van der Waals surface area contributed by atoms with Crippen molar-refractivity contribution in [3.8, 4) is 5.75 Å². The Kier molecular flexibility index (Phi) is 7.25. The molecule has 1 fully saturated rings. The first-order chi connectivity index (χ1) is 14.9. The van der Waals surface area contributed by atoms with E-state index in [1.807, 2.05) is 30.3 Å². The van der Waals surface area contributed by atoms with Crippen LogP contribution in [0.3, 0.4) is 0 Å². The predicted octanol–water partition coefficient (Wildman–Crippen LogP) is 1.40. The van der Waals surface area contributed by atoms with Gasteiger partial charge in [-0.25, -0.2) is 0 Å². The van der Waals surface area contributed by atoms with Gasteiger partial charge >= 0.3 is 0 Å². The number of anilines is 1. The minimum atomic E-state index is -0.810. The summed E-state index contributed by atoms with van der Waals surface area (Å²) in [6, 6.07) is 14.8. The van der Waals surface area contributed by atoms with Gasteiger partial charge in [-0.3, -0.25) is 14.4 Å². The molecule has 31 heavy (non-hydrogen) atoms. The molecule has 0 unspecified atom stereocenters. The van der Waals surface area contributed by atoms with E-state index in [2.05, 4.69) is 10.6 Å². The Balaban J connectivity index is 1.56. The first-order valence-electron chi connectivity index (χ1n) is 10.1. The van der Waals surface area contributed by atoms with Gasteiger partial charge in [-0.1, -0.05) is 30.3 Å². The van der Waals surface area contributed by atoms with Gasteiger partial charge in [-0.15, -0.1) is 0 Å². The fourth-order valence-electron chi connectivity index (χ4n) is 3.51. The highest BCUT2D eigenvalue weighted by molar-refractivity contribution is 6.01. The van der Waals surface area contributed by atoms with Gasteiger partial charge in [0.15, 0.2) is 0 Å². The topological polar surface area (TPSA) is 108 Å². The van der Waals surface area contributed by atoms with E-state index in [0.717, 1.165) is 5.56 Å². The molecule has 2 aromatic rings. The van der Waals surface area contributed by atoms with Gasteiger partial charge in [0.25, 0.3) is 0 Å². The maximum Gasteiger partial charge on any atom is 0.242 e. The fraction of sp³-hybridized carbons (Fsp3) is 0.348. The molecular weight excluding hydrogens is 398 g/mol. The summed E-state index contributed by atoms with van der Waals surface area (Å²) in [5.74, 6) is -0.777. The summed E-state index contributed by atoms with van der Waals surface area (Å²) < 4.78 is 5.13. The number of aliphatic hydroxyl groups excluding tert-OH is 1. The van der Waals surface area contributed by atoms with Gasteiger partial charge in [0.05, 0.1) is 25.7 Å². The molecule has 2 aromatic carbocycles. The normalized spacial score (nSPS) is 17.7. The van der Waals surface area contributed by atoms with E-state index in [1.165, 1.54) is 0 Å². The minimum absolute atomic E-state index is 0.0789. The van der Waals surface area contributed by atoms with Crippen molar-refractivity contribution in [2.24, 2.45) is 5.92 Å². The number of nitrogens with one attached hydrogen (secondary N) is 2. The number of hydrogen-bond donors (Lipinski definition) is 3. The van der Waals surface area contributed by atoms with E-state index >= 15 is 0 Å². The Morgan fingerprint density at radius 3 is 2.42 bits per heavy atom. The van der Waals surface area contributed by atoms with Crippen molar-refractivity contribution in [3.05, 3.63) is 60.2 Å². The Bertz CT molecular complexity index is 917. The molecule has 3 rings (SSSR count). The highest BCUT2D eigenvalue weighted by Gasteiger charge is 2.36. The van der Waals surface area contributed by atoms with E-state index < -0.39 is 23.9 Å². The van der Waals surface area contributed by atoms with Crippen molar-refractivity contribution in [2.45, 2.75) is 25.4 Å². The first kappa shape index (κ1) is 22.3. The van der Waals surface area contributed by atoms with Crippen molar-refractivity contribution in [2.75, 3.05) is 25.2 Å². The van der Waals surface area contributed by atoms with Crippen molar-refractivity contribution in [1.82, 2.24) is 10.6 Å². The Labute approximate surface area is 181 Å². The third-order valence-electron chi connectivity index (χ3n) is 5.33. The van der Waals surface area contributed by atoms with Crippen LogP contribution in [-0.2, 0) is 14.4 Å². The van der Waals surface area contributed by atoms with E-state index in [0.29, 0.717) is 11.4 Å². The van der Waals surface area contributed by atoms with E-state index in [-0.39, 0.29) is 31.4 Å². The summed E-state index contributed by atoms with van der Waals surface area (Å²) in [5.41, 5.74) is 1.47. The zero-order valence-corrected chi connectivity index (χ0v) is 17.6. The van der Waals surface area contributed by atoms with E-state index in [4.69, 9.17) is 4.74 Å². The van der Waals surface area contributed by atoms with Crippen LogP contribution in [-0.4, -0.2) is 49.1 Å². The molecule has 0 aliphatic carbocycles. The van der Waals surface area contributed by atoms with E-state index in [9.17, 15) is 19.5 Å². The highest BCUT2D eigenvalue weighted by atomic mass is 16.5. The van der Waals surface area contributed by atoms with Crippen LogP contribution in [0.2, 0.25) is 0 Å².